The topological polar surface area (TPSA) is 81.8 Å². The number of piperidine rings is 1. The molecule has 0 radical (unpaired) electrons. The second-order valence-electron chi connectivity index (χ2n) is 7.47. The quantitative estimate of drug-likeness (QED) is 0.623. The predicted molar refractivity (Wildman–Crippen MR) is 109 cm³/mol. The van der Waals surface area contributed by atoms with Crippen molar-refractivity contribution < 1.29 is 0 Å². The van der Waals surface area contributed by atoms with Gasteiger partial charge in [-0.05, 0) is 63.5 Å². The number of anilines is 2. The van der Waals surface area contributed by atoms with Crippen molar-refractivity contribution in [2.24, 2.45) is 5.92 Å². The van der Waals surface area contributed by atoms with Gasteiger partial charge < -0.3 is 20.5 Å². The first kappa shape index (κ1) is 17.7. The Kier molecular flexibility index (Phi) is 5.20. The number of aromatic amines is 1. The summed E-state index contributed by atoms with van der Waals surface area (Å²) in [7, 11) is 2.20. The average Bonchev–Trinajstić information content (AvgIpc) is 3.07. The van der Waals surface area contributed by atoms with Crippen molar-refractivity contribution in [1.29, 1.82) is 0 Å². The first-order valence-electron chi connectivity index (χ1n) is 9.59. The minimum absolute atomic E-state index is 0.679. The normalized spacial score (nSPS) is 15.9. The van der Waals surface area contributed by atoms with E-state index in [2.05, 4.69) is 60.7 Å². The second kappa shape index (κ2) is 7.92. The van der Waals surface area contributed by atoms with Crippen LogP contribution in [0.25, 0.3) is 11.0 Å². The molecule has 0 aliphatic carbocycles. The molecule has 0 unspecified atom stereocenters. The number of rotatable bonds is 6. The van der Waals surface area contributed by atoms with Gasteiger partial charge >= 0.3 is 0 Å². The summed E-state index contributed by atoms with van der Waals surface area (Å²) in [5.74, 6) is 2.53. The molecule has 1 fully saturated rings. The Morgan fingerprint density at radius 3 is 2.78 bits per heavy atom. The molecule has 0 saturated carbocycles. The third-order valence-corrected chi connectivity index (χ3v) is 5.26. The summed E-state index contributed by atoms with van der Waals surface area (Å²) < 4.78 is 0. The van der Waals surface area contributed by atoms with Crippen molar-refractivity contribution in [3.05, 3.63) is 42.0 Å². The van der Waals surface area contributed by atoms with Gasteiger partial charge in [-0.15, -0.1) is 0 Å². The van der Waals surface area contributed by atoms with E-state index in [9.17, 15) is 0 Å². The number of pyridine rings is 1. The molecule has 1 saturated heterocycles. The SMILES string of the molecule is Cc1cc2c(NCc3ccc(NCC4CCN(C)CC4)nc3)ncnc2[nH]1. The molecule has 7 heteroatoms. The van der Waals surface area contributed by atoms with Crippen molar-refractivity contribution >= 4 is 22.7 Å². The van der Waals surface area contributed by atoms with Crippen LogP contribution in [-0.4, -0.2) is 51.5 Å². The molecule has 4 heterocycles. The Morgan fingerprint density at radius 2 is 2.00 bits per heavy atom. The summed E-state index contributed by atoms with van der Waals surface area (Å²) >= 11 is 0. The van der Waals surface area contributed by atoms with Gasteiger partial charge in [-0.2, -0.15) is 0 Å². The Morgan fingerprint density at radius 1 is 1.15 bits per heavy atom. The Balaban J connectivity index is 1.31. The number of nitrogens with zero attached hydrogens (tertiary/aromatic N) is 4. The zero-order valence-corrected chi connectivity index (χ0v) is 16.0. The number of aromatic nitrogens is 4. The van der Waals surface area contributed by atoms with E-state index in [1.54, 1.807) is 6.33 Å². The minimum atomic E-state index is 0.679. The fourth-order valence-electron chi connectivity index (χ4n) is 3.55. The molecule has 0 amide bonds. The molecule has 3 N–H and O–H groups in total. The zero-order chi connectivity index (χ0) is 18.6. The van der Waals surface area contributed by atoms with Crippen molar-refractivity contribution in [2.45, 2.75) is 26.3 Å². The highest BCUT2D eigenvalue weighted by atomic mass is 15.1. The van der Waals surface area contributed by atoms with E-state index < -0.39 is 0 Å². The highest BCUT2D eigenvalue weighted by Crippen LogP contribution is 2.21. The van der Waals surface area contributed by atoms with Gasteiger partial charge in [0.2, 0.25) is 0 Å². The smallest absolute Gasteiger partial charge is 0.143 e. The fourth-order valence-corrected chi connectivity index (χ4v) is 3.55. The van der Waals surface area contributed by atoms with Crippen molar-refractivity contribution in [3.63, 3.8) is 0 Å². The molecule has 0 aromatic carbocycles. The molecule has 27 heavy (non-hydrogen) atoms. The average molecular weight is 365 g/mol. The third-order valence-electron chi connectivity index (χ3n) is 5.26. The Bertz CT molecular complexity index is 879. The lowest BCUT2D eigenvalue weighted by atomic mass is 9.97. The van der Waals surface area contributed by atoms with E-state index in [4.69, 9.17) is 0 Å². The van der Waals surface area contributed by atoms with Crippen LogP contribution in [0, 0.1) is 12.8 Å². The van der Waals surface area contributed by atoms with Gasteiger partial charge in [-0.25, -0.2) is 15.0 Å². The number of H-pyrrole nitrogens is 1. The molecular weight excluding hydrogens is 338 g/mol. The summed E-state index contributed by atoms with van der Waals surface area (Å²) in [5.41, 5.74) is 3.06. The van der Waals surface area contributed by atoms with Crippen LogP contribution < -0.4 is 10.6 Å². The van der Waals surface area contributed by atoms with Crippen LogP contribution in [0.2, 0.25) is 0 Å². The zero-order valence-electron chi connectivity index (χ0n) is 16.0. The predicted octanol–water partition coefficient (Wildman–Crippen LogP) is 3.03. The molecule has 142 valence electrons. The van der Waals surface area contributed by atoms with Crippen LogP contribution in [0.5, 0.6) is 0 Å². The van der Waals surface area contributed by atoms with E-state index in [1.807, 2.05) is 13.1 Å². The van der Waals surface area contributed by atoms with Gasteiger partial charge in [0, 0.05) is 25.0 Å². The Hall–Kier alpha value is -2.67. The van der Waals surface area contributed by atoms with E-state index in [1.165, 1.54) is 25.9 Å². The van der Waals surface area contributed by atoms with Crippen molar-refractivity contribution in [1.82, 2.24) is 24.8 Å². The monoisotopic (exact) mass is 365 g/mol. The second-order valence-corrected chi connectivity index (χ2v) is 7.47. The summed E-state index contributed by atoms with van der Waals surface area (Å²) in [6.07, 6.45) is 6.02. The molecule has 7 nitrogen and oxygen atoms in total. The first-order valence-corrected chi connectivity index (χ1v) is 9.59. The van der Waals surface area contributed by atoms with Crippen molar-refractivity contribution in [3.8, 4) is 0 Å². The maximum Gasteiger partial charge on any atom is 0.143 e. The van der Waals surface area contributed by atoms with Crippen molar-refractivity contribution in [2.75, 3.05) is 37.3 Å². The number of nitrogens with one attached hydrogen (secondary N) is 3. The standard InChI is InChI=1S/C20H27N7/c1-14-9-17-19(24-13-25-20(17)26-14)23-12-16-3-4-18(22-11-16)21-10-15-5-7-27(2)8-6-15/h3-4,9,11,13,15H,5-8,10,12H2,1-2H3,(H,21,22)(H2,23,24,25,26). The highest BCUT2D eigenvalue weighted by Gasteiger charge is 2.16. The maximum atomic E-state index is 4.56. The Labute approximate surface area is 159 Å². The van der Waals surface area contributed by atoms with Gasteiger partial charge in [0.05, 0.1) is 5.39 Å². The van der Waals surface area contributed by atoms with Gasteiger partial charge in [0.1, 0.15) is 23.6 Å². The van der Waals surface area contributed by atoms with E-state index >= 15 is 0 Å². The number of hydrogen-bond donors (Lipinski definition) is 3. The largest absolute Gasteiger partial charge is 0.370 e. The molecule has 1 aliphatic heterocycles. The number of hydrogen-bond acceptors (Lipinski definition) is 6. The van der Waals surface area contributed by atoms with Crippen LogP contribution in [0.4, 0.5) is 11.6 Å². The van der Waals surface area contributed by atoms with E-state index in [0.29, 0.717) is 6.54 Å². The summed E-state index contributed by atoms with van der Waals surface area (Å²) in [5, 5.41) is 7.88. The highest BCUT2D eigenvalue weighted by molar-refractivity contribution is 5.87. The molecule has 3 aromatic heterocycles. The van der Waals surface area contributed by atoms with Crippen LogP contribution >= 0.6 is 0 Å². The van der Waals surface area contributed by atoms with Gasteiger partial charge in [0.25, 0.3) is 0 Å². The minimum Gasteiger partial charge on any atom is -0.370 e. The summed E-state index contributed by atoms with van der Waals surface area (Å²) in [6.45, 7) is 6.10. The van der Waals surface area contributed by atoms with Crippen LogP contribution in [0.1, 0.15) is 24.1 Å². The molecule has 4 rings (SSSR count). The van der Waals surface area contributed by atoms with Gasteiger partial charge in [-0.3, -0.25) is 0 Å². The molecule has 3 aromatic rings. The molecule has 1 aliphatic rings. The van der Waals surface area contributed by atoms with Crippen LogP contribution in [0.3, 0.4) is 0 Å². The summed E-state index contributed by atoms with van der Waals surface area (Å²) in [6, 6.07) is 6.23. The third kappa shape index (κ3) is 4.36. The van der Waals surface area contributed by atoms with Crippen LogP contribution in [-0.2, 0) is 6.54 Å². The molecule has 0 spiro atoms. The van der Waals surface area contributed by atoms with Crippen LogP contribution in [0.15, 0.2) is 30.7 Å². The summed E-state index contributed by atoms with van der Waals surface area (Å²) in [4.78, 5) is 18.8. The van der Waals surface area contributed by atoms with Gasteiger partial charge in [-0.1, -0.05) is 6.07 Å². The van der Waals surface area contributed by atoms with Gasteiger partial charge in [0.15, 0.2) is 0 Å². The lowest BCUT2D eigenvalue weighted by Crippen LogP contribution is -2.33. The lowest BCUT2D eigenvalue weighted by molar-refractivity contribution is 0.226. The molecule has 0 bridgehead atoms. The van der Waals surface area contributed by atoms with E-state index in [0.717, 1.165) is 46.4 Å². The maximum absolute atomic E-state index is 4.56. The molecular formula is C20H27N7. The van der Waals surface area contributed by atoms with E-state index in [-0.39, 0.29) is 0 Å². The lowest BCUT2D eigenvalue weighted by Gasteiger charge is -2.29. The number of likely N-dealkylation sites (tertiary alicyclic amines) is 1. The fraction of sp³-hybridized carbons (Fsp3) is 0.450. The first-order chi connectivity index (χ1) is 13.2. The number of fused-ring (bicyclic) bond motifs is 1. The molecule has 0 atom stereocenters. The number of aryl methyl sites for hydroxylation is 1.